The smallest absolute Gasteiger partial charge is 0.235 e. The summed E-state index contributed by atoms with van der Waals surface area (Å²) in [6.45, 7) is 0. The van der Waals surface area contributed by atoms with Crippen molar-refractivity contribution in [1.82, 2.24) is 4.98 Å². The van der Waals surface area contributed by atoms with Crippen LogP contribution in [-0.2, 0) is 6.18 Å². The van der Waals surface area contributed by atoms with Gasteiger partial charge in [-0.1, -0.05) is 29.8 Å². The molecule has 1 aromatic heterocycles. The Morgan fingerprint density at radius 3 is 2.37 bits per heavy atom. The molecule has 2 rings (SSSR count). The minimum atomic E-state index is -4.47. The van der Waals surface area contributed by atoms with Crippen molar-refractivity contribution in [2.45, 2.75) is 6.18 Å². The van der Waals surface area contributed by atoms with E-state index >= 15 is 0 Å². The molecule has 0 amide bonds. The Hall–Kier alpha value is -2.06. The Bertz CT molecular complexity index is 660. The number of nitrogens with zero attached hydrogens (tertiary/aromatic N) is 2. The van der Waals surface area contributed by atoms with E-state index in [1.54, 1.807) is 6.07 Å². The van der Waals surface area contributed by atoms with Crippen molar-refractivity contribution in [3.63, 3.8) is 0 Å². The van der Waals surface area contributed by atoms with Gasteiger partial charge in [-0.3, -0.25) is 0 Å². The Labute approximate surface area is 112 Å². The molecule has 6 heteroatoms. The first-order chi connectivity index (χ1) is 8.93. The Morgan fingerprint density at radius 1 is 1.11 bits per heavy atom. The van der Waals surface area contributed by atoms with Crippen LogP contribution in [0.3, 0.4) is 0 Å². The number of alkyl halides is 3. The number of aromatic nitrogens is 1. The lowest BCUT2D eigenvalue weighted by molar-refractivity contribution is -0.137. The van der Waals surface area contributed by atoms with Gasteiger partial charge in [0.15, 0.2) is 0 Å². The third-order valence-corrected chi connectivity index (χ3v) is 2.77. The van der Waals surface area contributed by atoms with E-state index in [4.69, 9.17) is 16.9 Å². The molecule has 1 aromatic carbocycles. The predicted molar refractivity (Wildman–Crippen MR) is 64.4 cm³/mol. The molecule has 0 fully saturated rings. The third kappa shape index (κ3) is 2.69. The number of benzene rings is 1. The van der Waals surface area contributed by atoms with Gasteiger partial charge in [-0.2, -0.15) is 18.4 Å². The third-order valence-electron chi connectivity index (χ3n) is 2.48. The van der Waals surface area contributed by atoms with Crippen LogP contribution in [0.4, 0.5) is 13.2 Å². The van der Waals surface area contributed by atoms with E-state index < -0.39 is 11.7 Å². The maximum absolute atomic E-state index is 12.9. The van der Waals surface area contributed by atoms with Gasteiger partial charge in [0, 0.05) is 5.56 Å². The fraction of sp³-hybridized carbons (Fsp3) is 0.0769. The lowest BCUT2D eigenvalue weighted by Crippen LogP contribution is -2.07. The number of nitriles is 1. The SMILES string of the molecule is N#Cc1ccc(-c2ccccc2C(F)(F)F)nc1Cl. The molecule has 2 nitrogen and oxygen atoms in total. The van der Waals surface area contributed by atoms with E-state index in [9.17, 15) is 13.2 Å². The molecule has 0 N–H and O–H groups in total. The van der Waals surface area contributed by atoms with Crippen molar-refractivity contribution in [2.75, 3.05) is 0 Å². The number of hydrogen-bond acceptors (Lipinski definition) is 2. The summed E-state index contributed by atoms with van der Waals surface area (Å²) < 4.78 is 38.6. The van der Waals surface area contributed by atoms with Crippen molar-refractivity contribution in [3.8, 4) is 17.3 Å². The Kier molecular flexibility index (Phi) is 3.45. The predicted octanol–water partition coefficient (Wildman–Crippen LogP) is 4.29. The Balaban J connectivity index is 2.61. The molecule has 0 atom stereocenters. The van der Waals surface area contributed by atoms with Gasteiger partial charge in [0.1, 0.15) is 11.2 Å². The molecule has 0 aliphatic carbocycles. The fourth-order valence-corrected chi connectivity index (χ4v) is 1.82. The standard InChI is InChI=1S/C13H6ClF3N2/c14-12-8(7-18)5-6-11(19-12)9-3-1-2-4-10(9)13(15,16)17/h1-6H. The molecule has 0 aliphatic heterocycles. The van der Waals surface area contributed by atoms with Gasteiger partial charge in [0.2, 0.25) is 0 Å². The topological polar surface area (TPSA) is 36.7 Å². The second kappa shape index (κ2) is 4.90. The van der Waals surface area contributed by atoms with Crippen LogP contribution in [0.25, 0.3) is 11.3 Å². The minimum absolute atomic E-state index is 0.0682. The zero-order chi connectivity index (χ0) is 14.0. The highest BCUT2D eigenvalue weighted by Gasteiger charge is 2.33. The van der Waals surface area contributed by atoms with E-state index in [0.29, 0.717) is 0 Å². The van der Waals surface area contributed by atoms with Crippen LogP contribution in [0.1, 0.15) is 11.1 Å². The second-order valence-corrected chi connectivity index (χ2v) is 4.05. The lowest BCUT2D eigenvalue weighted by atomic mass is 10.0. The minimum Gasteiger partial charge on any atom is -0.235 e. The maximum atomic E-state index is 12.9. The summed E-state index contributed by atoms with van der Waals surface area (Å²) in [5, 5.41) is 8.60. The second-order valence-electron chi connectivity index (χ2n) is 3.69. The zero-order valence-electron chi connectivity index (χ0n) is 9.37. The number of hydrogen-bond donors (Lipinski definition) is 0. The van der Waals surface area contributed by atoms with Crippen LogP contribution >= 0.6 is 11.6 Å². The van der Waals surface area contributed by atoms with Crippen LogP contribution in [-0.4, -0.2) is 4.98 Å². The molecule has 0 spiro atoms. The molecule has 2 aromatic rings. The number of pyridine rings is 1. The van der Waals surface area contributed by atoms with E-state index in [-0.39, 0.29) is 22.0 Å². The summed E-state index contributed by atoms with van der Waals surface area (Å²) >= 11 is 5.73. The van der Waals surface area contributed by atoms with Crippen LogP contribution in [0.2, 0.25) is 5.15 Å². The van der Waals surface area contributed by atoms with Gasteiger partial charge in [-0.05, 0) is 18.2 Å². The molecule has 1 heterocycles. The highest BCUT2D eigenvalue weighted by molar-refractivity contribution is 6.30. The first kappa shape index (κ1) is 13.4. The molecule has 0 aliphatic rings. The fourth-order valence-electron chi connectivity index (χ4n) is 1.62. The summed E-state index contributed by atoms with van der Waals surface area (Å²) in [4.78, 5) is 3.83. The average Bonchev–Trinajstić information content (AvgIpc) is 2.37. The van der Waals surface area contributed by atoms with Gasteiger partial charge >= 0.3 is 6.18 Å². The quantitative estimate of drug-likeness (QED) is 0.732. The normalized spacial score (nSPS) is 11.1. The maximum Gasteiger partial charge on any atom is 0.417 e. The van der Waals surface area contributed by atoms with Gasteiger partial charge in [-0.25, -0.2) is 4.98 Å². The van der Waals surface area contributed by atoms with Crippen LogP contribution in [0, 0.1) is 11.3 Å². The summed E-state index contributed by atoms with van der Waals surface area (Å²) in [6.07, 6.45) is -4.47. The van der Waals surface area contributed by atoms with E-state index in [2.05, 4.69) is 4.98 Å². The van der Waals surface area contributed by atoms with Crippen LogP contribution in [0.5, 0.6) is 0 Å². The monoisotopic (exact) mass is 282 g/mol. The van der Waals surface area contributed by atoms with Crippen molar-refractivity contribution < 1.29 is 13.2 Å². The molecule has 19 heavy (non-hydrogen) atoms. The summed E-state index contributed by atoms with van der Waals surface area (Å²) in [5.74, 6) is 0. The van der Waals surface area contributed by atoms with Crippen molar-refractivity contribution in [2.24, 2.45) is 0 Å². The van der Waals surface area contributed by atoms with Crippen molar-refractivity contribution in [1.29, 1.82) is 5.26 Å². The van der Waals surface area contributed by atoms with Gasteiger partial charge in [0.05, 0.1) is 16.8 Å². The van der Waals surface area contributed by atoms with Gasteiger partial charge in [-0.15, -0.1) is 0 Å². The van der Waals surface area contributed by atoms with Crippen LogP contribution in [0.15, 0.2) is 36.4 Å². The molecule has 0 bridgehead atoms. The molecule has 96 valence electrons. The Morgan fingerprint density at radius 2 is 1.79 bits per heavy atom. The molecule has 0 radical (unpaired) electrons. The van der Waals surface area contributed by atoms with Crippen molar-refractivity contribution >= 4 is 11.6 Å². The summed E-state index contributed by atoms with van der Waals surface area (Å²) in [6, 6.07) is 9.57. The number of halogens is 4. The molecule has 0 saturated heterocycles. The lowest BCUT2D eigenvalue weighted by Gasteiger charge is -2.12. The van der Waals surface area contributed by atoms with Gasteiger partial charge in [0.25, 0.3) is 0 Å². The van der Waals surface area contributed by atoms with E-state index in [1.165, 1.54) is 30.3 Å². The average molecular weight is 283 g/mol. The molecule has 0 saturated carbocycles. The number of rotatable bonds is 1. The largest absolute Gasteiger partial charge is 0.417 e. The van der Waals surface area contributed by atoms with Gasteiger partial charge < -0.3 is 0 Å². The molecular weight excluding hydrogens is 277 g/mol. The van der Waals surface area contributed by atoms with E-state index in [1.807, 2.05) is 0 Å². The van der Waals surface area contributed by atoms with Crippen molar-refractivity contribution in [3.05, 3.63) is 52.7 Å². The highest BCUT2D eigenvalue weighted by Crippen LogP contribution is 2.36. The zero-order valence-corrected chi connectivity index (χ0v) is 10.1. The molecular formula is C13H6ClF3N2. The highest BCUT2D eigenvalue weighted by atomic mass is 35.5. The molecule has 0 unspecified atom stereocenters. The summed E-state index contributed by atoms with van der Waals surface area (Å²) in [5.41, 5.74) is -0.656. The van der Waals surface area contributed by atoms with E-state index in [0.717, 1.165) is 6.07 Å². The summed E-state index contributed by atoms with van der Waals surface area (Å²) in [7, 11) is 0. The first-order valence-electron chi connectivity index (χ1n) is 5.16. The van der Waals surface area contributed by atoms with Crippen LogP contribution < -0.4 is 0 Å². The first-order valence-corrected chi connectivity index (χ1v) is 5.54.